The van der Waals surface area contributed by atoms with E-state index in [2.05, 4.69) is 30.2 Å². The second kappa shape index (κ2) is 7.12. The first kappa shape index (κ1) is 15.9. The Morgan fingerprint density at radius 2 is 1.96 bits per heavy atom. The van der Waals surface area contributed by atoms with Crippen LogP contribution in [0.15, 0.2) is 36.9 Å². The number of benzene rings is 1. The van der Waals surface area contributed by atoms with E-state index < -0.39 is 0 Å². The number of halogens is 1. The van der Waals surface area contributed by atoms with Crippen LogP contribution in [0.4, 0.5) is 10.2 Å². The van der Waals surface area contributed by atoms with Gasteiger partial charge in [-0.3, -0.25) is 4.90 Å². The number of imidazole rings is 1. The summed E-state index contributed by atoms with van der Waals surface area (Å²) >= 11 is 0. The molecule has 0 unspecified atom stereocenters. The van der Waals surface area contributed by atoms with E-state index >= 15 is 0 Å². The van der Waals surface area contributed by atoms with Crippen LogP contribution < -0.4 is 5.32 Å². The van der Waals surface area contributed by atoms with Crippen molar-refractivity contribution in [2.45, 2.75) is 6.04 Å². The zero-order valence-corrected chi connectivity index (χ0v) is 13.7. The van der Waals surface area contributed by atoms with Gasteiger partial charge in [0.05, 0.1) is 25.6 Å². The molecule has 25 heavy (non-hydrogen) atoms. The normalized spacial score (nSPS) is 16.8. The SMILES string of the molecule is Fc1ccc([C@H](CNc2ncnc3nc[nH]c23)N2CCOCC2)cc1. The second-order valence-corrected chi connectivity index (χ2v) is 5.92. The van der Waals surface area contributed by atoms with Crippen LogP contribution in [-0.2, 0) is 4.74 Å². The fraction of sp³-hybridized carbons (Fsp3) is 0.353. The van der Waals surface area contributed by atoms with Crippen molar-refractivity contribution in [1.29, 1.82) is 0 Å². The average molecular weight is 342 g/mol. The molecule has 3 heterocycles. The van der Waals surface area contributed by atoms with Crippen molar-refractivity contribution in [2.75, 3.05) is 38.2 Å². The molecule has 0 aliphatic carbocycles. The van der Waals surface area contributed by atoms with Gasteiger partial charge in [0.1, 0.15) is 17.7 Å². The molecule has 1 saturated heterocycles. The summed E-state index contributed by atoms with van der Waals surface area (Å²) < 4.78 is 18.8. The topological polar surface area (TPSA) is 79.0 Å². The number of fused-ring (bicyclic) bond motifs is 1. The number of rotatable bonds is 5. The van der Waals surface area contributed by atoms with Crippen LogP contribution in [0.2, 0.25) is 0 Å². The highest BCUT2D eigenvalue weighted by Gasteiger charge is 2.23. The number of morpholine rings is 1. The highest BCUT2D eigenvalue weighted by molar-refractivity contribution is 5.81. The number of aromatic nitrogens is 4. The van der Waals surface area contributed by atoms with Crippen molar-refractivity contribution in [3.63, 3.8) is 0 Å². The molecule has 1 aromatic carbocycles. The molecule has 1 aliphatic heterocycles. The molecule has 1 fully saturated rings. The third kappa shape index (κ3) is 3.45. The molecule has 1 aliphatic rings. The molecule has 1 atom stereocenters. The zero-order valence-electron chi connectivity index (χ0n) is 13.7. The van der Waals surface area contributed by atoms with Crippen LogP contribution in [0.3, 0.4) is 0 Å². The molecule has 2 aromatic heterocycles. The molecule has 8 heteroatoms. The maximum Gasteiger partial charge on any atom is 0.182 e. The molecule has 4 rings (SSSR count). The number of hydrogen-bond donors (Lipinski definition) is 2. The second-order valence-electron chi connectivity index (χ2n) is 5.92. The summed E-state index contributed by atoms with van der Waals surface area (Å²) in [6.45, 7) is 3.72. The first-order chi connectivity index (χ1) is 12.3. The van der Waals surface area contributed by atoms with Gasteiger partial charge in [0.2, 0.25) is 0 Å². The molecule has 0 amide bonds. The minimum Gasteiger partial charge on any atom is -0.379 e. The molecule has 0 bridgehead atoms. The number of nitrogens with one attached hydrogen (secondary N) is 2. The lowest BCUT2D eigenvalue weighted by Gasteiger charge is -2.35. The molecule has 3 aromatic rings. The third-order valence-electron chi connectivity index (χ3n) is 4.43. The Labute approximate surface area is 144 Å². The Balaban J connectivity index is 1.57. The average Bonchev–Trinajstić information content (AvgIpc) is 3.14. The van der Waals surface area contributed by atoms with Gasteiger partial charge in [-0.25, -0.2) is 19.3 Å². The Bertz CT molecular complexity index is 831. The van der Waals surface area contributed by atoms with Gasteiger partial charge in [0.25, 0.3) is 0 Å². The summed E-state index contributed by atoms with van der Waals surface area (Å²) in [6, 6.07) is 6.77. The number of aromatic amines is 1. The van der Waals surface area contributed by atoms with Crippen LogP contribution in [0.5, 0.6) is 0 Å². The van der Waals surface area contributed by atoms with Crippen molar-refractivity contribution in [2.24, 2.45) is 0 Å². The highest BCUT2D eigenvalue weighted by Crippen LogP contribution is 2.24. The lowest BCUT2D eigenvalue weighted by Crippen LogP contribution is -2.41. The summed E-state index contributed by atoms with van der Waals surface area (Å²) in [5.41, 5.74) is 2.47. The van der Waals surface area contributed by atoms with E-state index in [1.165, 1.54) is 18.5 Å². The fourth-order valence-corrected chi connectivity index (χ4v) is 3.12. The van der Waals surface area contributed by atoms with Gasteiger partial charge in [-0.15, -0.1) is 0 Å². The number of nitrogens with zero attached hydrogens (tertiary/aromatic N) is 4. The third-order valence-corrected chi connectivity index (χ3v) is 4.43. The smallest absolute Gasteiger partial charge is 0.182 e. The highest BCUT2D eigenvalue weighted by atomic mass is 19.1. The van der Waals surface area contributed by atoms with E-state index in [-0.39, 0.29) is 11.9 Å². The lowest BCUT2D eigenvalue weighted by atomic mass is 10.0. The van der Waals surface area contributed by atoms with Gasteiger partial charge < -0.3 is 15.0 Å². The van der Waals surface area contributed by atoms with Gasteiger partial charge in [0.15, 0.2) is 11.5 Å². The van der Waals surface area contributed by atoms with Gasteiger partial charge in [-0.05, 0) is 17.7 Å². The number of anilines is 1. The minimum atomic E-state index is -0.229. The van der Waals surface area contributed by atoms with Crippen molar-refractivity contribution < 1.29 is 9.13 Å². The first-order valence-corrected chi connectivity index (χ1v) is 8.26. The van der Waals surface area contributed by atoms with E-state index in [0.29, 0.717) is 31.2 Å². The van der Waals surface area contributed by atoms with Crippen molar-refractivity contribution in [1.82, 2.24) is 24.8 Å². The summed E-state index contributed by atoms with van der Waals surface area (Å²) in [7, 11) is 0. The molecule has 7 nitrogen and oxygen atoms in total. The zero-order chi connectivity index (χ0) is 17.1. The number of hydrogen-bond acceptors (Lipinski definition) is 6. The van der Waals surface area contributed by atoms with Crippen molar-refractivity contribution in [3.8, 4) is 0 Å². The summed E-state index contributed by atoms with van der Waals surface area (Å²) in [5, 5.41) is 3.39. The molecule has 0 radical (unpaired) electrons. The Morgan fingerprint density at radius 3 is 2.76 bits per heavy atom. The Morgan fingerprint density at radius 1 is 1.16 bits per heavy atom. The predicted octanol–water partition coefficient (Wildman–Crippen LogP) is 1.98. The van der Waals surface area contributed by atoms with E-state index in [1.807, 2.05) is 12.1 Å². The molecule has 2 N–H and O–H groups in total. The van der Waals surface area contributed by atoms with E-state index in [4.69, 9.17) is 4.74 Å². The quantitative estimate of drug-likeness (QED) is 0.738. The van der Waals surface area contributed by atoms with Crippen molar-refractivity contribution in [3.05, 3.63) is 48.3 Å². The van der Waals surface area contributed by atoms with Gasteiger partial charge >= 0.3 is 0 Å². The standard InChI is InChI=1S/C17H19FN6O/c18-13-3-1-12(2-4-13)14(24-5-7-25-8-6-24)9-19-16-15-17(21-10-20-15)23-11-22-16/h1-4,10-11,14H,5-9H2,(H2,19,20,21,22,23)/t14-/m0/s1. The monoisotopic (exact) mass is 342 g/mol. The van der Waals surface area contributed by atoms with Crippen LogP contribution in [0.25, 0.3) is 11.2 Å². The molecular weight excluding hydrogens is 323 g/mol. The molecular formula is C17H19FN6O. The van der Waals surface area contributed by atoms with E-state index in [9.17, 15) is 4.39 Å². The summed E-state index contributed by atoms with van der Waals surface area (Å²) in [4.78, 5) is 18.0. The van der Waals surface area contributed by atoms with Gasteiger partial charge in [0, 0.05) is 19.6 Å². The maximum atomic E-state index is 13.3. The number of ether oxygens (including phenoxy) is 1. The maximum absolute atomic E-state index is 13.3. The van der Waals surface area contributed by atoms with Crippen LogP contribution in [0.1, 0.15) is 11.6 Å². The predicted molar refractivity (Wildman–Crippen MR) is 91.7 cm³/mol. The van der Waals surface area contributed by atoms with Gasteiger partial charge in [-0.1, -0.05) is 12.1 Å². The van der Waals surface area contributed by atoms with Gasteiger partial charge in [-0.2, -0.15) is 0 Å². The largest absolute Gasteiger partial charge is 0.379 e. The van der Waals surface area contributed by atoms with E-state index in [0.717, 1.165) is 24.2 Å². The van der Waals surface area contributed by atoms with Crippen LogP contribution in [-0.4, -0.2) is 57.7 Å². The lowest BCUT2D eigenvalue weighted by molar-refractivity contribution is 0.0187. The first-order valence-electron chi connectivity index (χ1n) is 8.26. The molecule has 0 spiro atoms. The fourth-order valence-electron chi connectivity index (χ4n) is 3.12. The summed E-state index contributed by atoms with van der Waals surface area (Å²) in [6.07, 6.45) is 3.09. The molecule has 0 saturated carbocycles. The van der Waals surface area contributed by atoms with E-state index in [1.54, 1.807) is 6.33 Å². The molecule has 130 valence electrons. The van der Waals surface area contributed by atoms with Crippen LogP contribution >= 0.6 is 0 Å². The Kier molecular flexibility index (Phi) is 4.53. The summed E-state index contributed by atoms with van der Waals surface area (Å²) in [5.74, 6) is 0.482. The Hall–Kier alpha value is -2.58. The van der Waals surface area contributed by atoms with Crippen molar-refractivity contribution >= 4 is 17.0 Å². The van der Waals surface area contributed by atoms with Crippen LogP contribution in [0, 0.1) is 5.82 Å². The minimum absolute atomic E-state index is 0.0948. The number of H-pyrrole nitrogens is 1.